The van der Waals surface area contributed by atoms with E-state index in [1.165, 1.54) is 18.2 Å². The lowest BCUT2D eigenvalue weighted by atomic mass is 9.82. The number of hydrogen-bond acceptors (Lipinski definition) is 6. The molecule has 0 fully saturated rings. The number of ether oxygens (including phenoxy) is 1. The number of nitrogens with one attached hydrogen (secondary N) is 1. The summed E-state index contributed by atoms with van der Waals surface area (Å²) in [6, 6.07) is 8.39. The second-order valence-corrected chi connectivity index (χ2v) is 7.70. The van der Waals surface area contributed by atoms with E-state index in [0.29, 0.717) is 17.2 Å². The van der Waals surface area contributed by atoms with Crippen molar-refractivity contribution in [2.45, 2.75) is 25.2 Å². The first kappa shape index (κ1) is 19.9. The molecule has 1 atom stereocenters. The first-order valence-electron chi connectivity index (χ1n) is 10.2. The van der Waals surface area contributed by atoms with Crippen molar-refractivity contribution in [3.05, 3.63) is 65.7 Å². The topological polar surface area (TPSA) is 72.3 Å². The van der Waals surface area contributed by atoms with Crippen molar-refractivity contribution in [1.82, 2.24) is 14.8 Å². The first-order chi connectivity index (χ1) is 14.6. The summed E-state index contributed by atoms with van der Waals surface area (Å²) in [6.07, 6.45) is 10.5. The quantitative estimate of drug-likeness (QED) is 0.627. The zero-order chi connectivity index (χ0) is 21.1. The summed E-state index contributed by atoms with van der Waals surface area (Å²) in [5.74, 6) is 0.0317. The third-order valence-corrected chi connectivity index (χ3v) is 5.80. The van der Waals surface area contributed by atoms with Gasteiger partial charge in [0.05, 0.1) is 36.4 Å². The molecule has 0 bridgehead atoms. The van der Waals surface area contributed by atoms with Crippen LogP contribution in [0.2, 0.25) is 0 Å². The van der Waals surface area contributed by atoms with Crippen LogP contribution in [0.25, 0.3) is 0 Å². The first-order valence-corrected chi connectivity index (χ1v) is 10.2. The standard InChI is InChI=1S/C23H27N5O2/c1-27-15-19(13-26-27)28(2)18-7-8-20-16(11-18)5-4-6-17(20)12-25-22-14-24-10-9-21(22)23(29)30-3/h7-11,13-15,17,25H,4-6,12H2,1-3H3/t17-/m0/s1. The average Bonchev–Trinajstić information content (AvgIpc) is 3.22. The van der Waals surface area contributed by atoms with Gasteiger partial charge in [0, 0.05) is 44.6 Å². The normalized spacial score (nSPS) is 15.4. The lowest BCUT2D eigenvalue weighted by molar-refractivity contribution is 0.0601. The Morgan fingerprint density at radius 3 is 2.93 bits per heavy atom. The van der Waals surface area contributed by atoms with Gasteiger partial charge in [-0.1, -0.05) is 6.07 Å². The van der Waals surface area contributed by atoms with Crippen LogP contribution in [0, 0.1) is 0 Å². The number of anilines is 3. The Kier molecular flexibility index (Phi) is 5.70. The number of hydrogen-bond donors (Lipinski definition) is 1. The van der Waals surface area contributed by atoms with Gasteiger partial charge in [-0.25, -0.2) is 4.79 Å². The number of aryl methyl sites for hydroxylation is 2. The van der Waals surface area contributed by atoms with Crippen LogP contribution < -0.4 is 10.2 Å². The predicted molar refractivity (Wildman–Crippen MR) is 117 cm³/mol. The highest BCUT2D eigenvalue weighted by molar-refractivity contribution is 5.95. The SMILES string of the molecule is COC(=O)c1ccncc1NC[C@@H]1CCCc2cc(N(C)c3cnn(C)c3)ccc21. The highest BCUT2D eigenvalue weighted by atomic mass is 16.5. The van der Waals surface area contributed by atoms with Gasteiger partial charge in [0.15, 0.2) is 0 Å². The van der Waals surface area contributed by atoms with Crippen molar-refractivity contribution < 1.29 is 9.53 Å². The minimum absolute atomic E-state index is 0.355. The molecule has 2 aromatic heterocycles. The highest BCUT2D eigenvalue weighted by Gasteiger charge is 2.22. The van der Waals surface area contributed by atoms with Crippen LogP contribution in [0.3, 0.4) is 0 Å². The van der Waals surface area contributed by atoms with Crippen LogP contribution in [-0.4, -0.2) is 41.4 Å². The van der Waals surface area contributed by atoms with E-state index in [1.807, 2.05) is 24.1 Å². The molecular weight excluding hydrogens is 378 g/mol. The third kappa shape index (κ3) is 4.01. The fourth-order valence-corrected chi connectivity index (χ4v) is 4.11. The van der Waals surface area contributed by atoms with E-state index < -0.39 is 0 Å². The lowest BCUT2D eigenvalue weighted by Crippen LogP contribution is -2.20. The van der Waals surface area contributed by atoms with Crippen LogP contribution in [0.4, 0.5) is 17.1 Å². The Hall–Kier alpha value is -3.35. The number of carbonyl (C=O) groups excluding carboxylic acids is 1. The molecule has 1 aromatic carbocycles. The van der Waals surface area contributed by atoms with E-state index >= 15 is 0 Å². The van der Waals surface area contributed by atoms with E-state index in [4.69, 9.17) is 4.74 Å². The Labute approximate surface area is 176 Å². The number of nitrogens with zero attached hydrogens (tertiary/aromatic N) is 4. The van der Waals surface area contributed by atoms with Gasteiger partial charge in [0.2, 0.25) is 0 Å². The Balaban J connectivity index is 1.51. The molecule has 30 heavy (non-hydrogen) atoms. The molecule has 1 aliphatic rings. The van der Waals surface area contributed by atoms with Crippen molar-refractivity contribution in [2.24, 2.45) is 7.05 Å². The number of esters is 1. The van der Waals surface area contributed by atoms with Gasteiger partial charge in [-0.05, 0) is 48.6 Å². The van der Waals surface area contributed by atoms with Gasteiger partial charge in [-0.15, -0.1) is 0 Å². The number of pyridine rings is 1. The minimum Gasteiger partial charge on any atom is -0.465 e. The average molecular weight is 406 g/mol. The molecule has 7 nitrogen and oxygen atoms in total. The van der Waals surface area contributed by atoms with Crippen molar-refractivity contribution in [3.8, 4) is 0 Å². The lowest BCUT2D eigenvalue weighted by Gasteiger charge is -2.28. The summed E-state index contributed by atoms with van der Waals surface area (Å²) in [5, 5.41) is 7.69. The molecule has 156 valence electrons. The van der Waals surface area contributed by atoms with E-state index in [-0.39, 0.29) is 5.97 Å². The fourth-order valence-electron chi connectivity index (χ4n) is 4.11. The van der Waals surface area contributed by atoms with E-state index in [2.05, 4.69) is 45.5 Å². The molecule has 0 saturated carbocycles. The summed E-state index contributed by atoms with van der Waals surface area (Å²) in [7, 11) is 5.39. The van der Waals surface area contributed by atoms with Gasteiger partial charge in [-0.2, -0.15) is 5.10 Å². The molecule has 0 unspecified atom stereocenters. The van der Waals surface area contributed by atoms with Crippen LogP contribution in [-0.2, 0) is 18.2 Å². The fraction of sp³-hybridized carbons (Fsp3) is 0.348. The summed E-state index contributed by atoms with van der Waals surface area (Å²) in [4.78, 5) is 18.3. The van der Waals surface area contributed by atoms with Crippen LogP contribution in [0.15, 0.2) is 49.1 Å². The third-order valence-electron chi connectivity index (χ3n) is 5.80. The molecule has 0 aliphatic heterocycles. The van der Waals surface area contributed by atoms with Gasteiger partial charge >= 0.3 is 5.97 Å². The Morgan fingerprint density at radius 1 is 1.30 bits per heavy atom. The van der Waals surface area contributed by atoms with E-state index in [0.717, 1.165) is 37.2 Å². The number of rotatable bonds is 6. The van der Waals surface area contributed by atoms with E-state index in [9.17, 15) is 4.79 Å². The van der Waals surface area contributed by atoms with Crippen molar-refractivity contribution >= 4 is 23.0 Å². The molecular formula is C23H27N5O2. The van der Waals surface area contributed by atoms with Gasteiger partial charge < -0.3 is 15.0 Å². The second-order valence-electron chi connectivity index (χ2n) is 7.70. The monoisotopic (exact) mass is 405 g/mol. The number of aromatic nitrogens is 3. The van der Waals surface area contributed by atoms with Gasteiger partial charge in [-0.3, -0.25) is 9.67 Å². The summed E-state index contributed by atoms with van der Waals surface area (Å²) < 4.78 is 6.69. The molecule has 0 radical (unpaired) electrons. The van der Waals surface area contributed by atoms with Gasteiger partial charge in [0.1, 0.15) is 0 Å². The van der Waals surface area contributed by atoms with Crippen molar-refractivity contribution in [1.29, 1.82) is 0 Å². The summed E-state index contributed by atoms with van der Waals surface area (Å²) in [5.41, 5.74) is 6.22. The minimum atomic E-state index is -0.355. The van der Waals surface area contributed by atoms with E-state index in [1.54, 1.807) is 18.5 Å². The molecule has 2 heterocycles. The maximum absolute atomic E-state index is 12.0. The highest BCUT2D eigenvalue weighted by Crippen LogP contribution is 2.35. The zero-order valence-corrected chi connectivity index (χ0v) is 17.6. The van der Waals surface area contributed by atoms with Crippen LogP contribution in [0.1, 0.15) is 40.2 Å². The van der Waals surface area contributed by atoms with Crippen molar-refractivity contribution in [3.63, 3.8) is 0 Å². The van der Waals surface area contributed by atoms with Crippen LogP contribution >= 0.6 is 0 Å². The van der Waals surface area contributed by atoms with Crippen LogP contribution in [0.5, 0.6) is 0 Å². The number of benzene rings is 1. The molecule has 4 rings (SSSR count). The molecule has 0 saturated heterocycles. The molecule has 7 heteroatoms. The molecule has 0 spiro atoms. The smallest absolute Gasteiger partial charge is 0.340 e. The predicted octanol–water partition coefficient (Wildman–Crippen LogP) is 3.90. The molecule has 3 aromatic rings. The maximum Gasteiger partial charge on any atom is 0.340 e. The molecule has 1 aliphatic carbocycles. The Bertz CT molecular complexity index is 1050. The van der Waals surface area contributed by atoms with Crippen molar-refractivity contribution in [2.75, 3.05) is 30.9 Å². The summed E-state index contributed by atoms with van der Waals surface area (Å²) in [6.45, 7) is 0.750. The molecule has 1 N–H and O–H groups in total. The number of carbonyl (C=O) groups is 1. The largest absolute Gasteiger partial charge is 0.465 e. The number of fused-ring (bicyclic) bond motifs is 1. The molecule has 0 amide bonds. The maximum atomic E-state index is 12.0. The zero-order valence-electron chi connectivity index (χ0n) is 17.6. The second kappa shape index (κ2) is 8.57. The van der Waals surface area contributed by atoms with Gasteiger partial charge in [0.25, 0.3) is 0 Å². The summed E-state index contributed by atoms with van der Waals surface area (Å²) >= 11 is 0. The Morgan fingerprint density at radius 2 is 2.17 bits per heavy atom. The number of methoxy groups -OCH3 is 1.